The lowest BCUT2D eigenvalue weighted by Gasteiger charge is -2.13. The second-order valence-electron chi connectivity index (χ2n) is 4.61. The van der Waals surface area contributed by atoms with E-state index in [1.807, 2.05) is 12.1 Å². The van der Waals surface area contributed by atoms with Gasteiger partial charge in [-0.25, -0.2) is 0 Å². The first kappa shape index (κ1) is 17.4. The first-order valence-electron chi connectivity index (χ1n) is 6.58. The third kappa shape index (κ3) is 5.63. The second-order valence-corrected chi connectivity index (χ2v) is 5.86. The largest absolute Gasteiger partial charge is 0.352 e. The number of halogens is 3. The van der Waals surface area contributed by atoms with Crippen LogP contribution in [-0.4, -0.2) is 11.9 Å². The molecular weight excluding hydrogens is 357 g/mol. The summed E-state index contributed by atoms with van der Waals surface area (Å²) in [6.45, 7) is 0.447. The van der Waals surface area contributed by atoms with Crippen LogP contribution in [0, 0.1) is 10.8 Å². The van der Waals surface area contributed by atoms with Crippen LogP contribution >= 0.6 is 34.8 Å². The average molecular weight is 371 g/mol. The summed E-state index contributed by atoms with van der Waals surface area (Å²) < 4.78 is 0. The van der Waals surface area contributed by atoms with E-state index >= 15 is 0 Å². The minimum Gasteiger partial charge on any atom is -0.352 e. The molecule has 5 N–H and O–H groups in total. The fraction of sp³-hybridized carbons (Fsp3) is 0.0667. The summed E-state index contributed by atoms with van der Waals surface area (Å²) in [5, 5.41) is 25.3. The maximum Gasteiger partial charge on any atom is 0.199 e. The predicted molar refractivity (Wildman–Crippen MR) is 97.0 cm³/mol. The summed E-state index contributed by atoms with van der Waals surface area (Å²) in [5.41, 5.74) is 1.58. The van der Waals surface area contributed by atoms with Crippen LogP contribution in [0.1, 0.15) is 5.56 Å². The predicted octanol–water partition coefficient (Wildman–Crippen LogP) is 4.31. The van der Waals surface area contributed by atoms with Gasteiger partial charge in [0.1, 0.15) is 0 Å². The molecule has 0 heterocycles. The van der Waals surface area contributed by atoms with Crippen molar-refractivity contribution in [3.8, 4) is 0 Å². The summed E-state index contributed by atoms with van der Waals surface area (Å²) in [6.07, 6.45) is 0. The lowest BCUT2D eigenvalue weighted by molar-refractivity contribution is 0.878. The fourth-order valence-electron chi connectivity index (χ4n) is 1.71. The molecule has 0 fully saturated rings. The lowest BCUT2D eigenvalue weighted by atomic mass is 10.2. The number of hydrogen-bond donors (Lipinski definition) is 5. The molecule has 2 aromatic rings. The summed E-state index contributed by atoms with van der Waals surface area (Å²) in [6, 6.07) is 12.2. The van der Waals surface area contributed by atoms with E-state index < -0.39 is 0 Å². The van der Waals surface area contributed by atoms with Gasteiger partial charge in [-0.3, -0.25) is 16.1 Å². The molecule has 0 bridgehead atoms. The Morgan fingerprint density at radius 1 is 0.870 bits per heavy atom. The first-order chi connectivity index (χ1) is 10.9. The highest BCUT2D eigenvalue weighted by atomic mass is 35.5. The van der Waals surface area contributed by atoms with Crippen molar-refractivity contribution in [2.45, 2.75) is 6.54 Å². The highest BCUT2D eigenvalue weighted by Gasteiger charge is 2.04. The smallest absolute Gasteiger partial charge is 0.199 e. The number of nitrogens with one attached hydrogen (secondary N) is 5. The molecule has 5 nitrogen and oxygen atoms in total. The van der Waals surface area contributed by atoms with Gasteiger partial charge in [0.2, 0.25) is 0 Å². The minimum atomic E-state index is -0.0583. The van der Waals surface area contributed by atoms with E-state index in [1.165, 1.54) is 0 Å². The van der Waals surface area contributed by atoms with E-state index in [4.69, 9.17) is 45.6 Å². The van der Waals surface area contributed by atoms with E-state index in [0.717, 1.165) is 5.56 Å². The van der Waals surface area contributed by atoms with Gasteiger partial charge in [-0.05, 0) is 35.9 Å². The van der Waals surface area contributed by atoms with Crippen molar-refractivity contribution in [1.82, 2.24) is 10.6 Å². The van der Waals surface area contributed by atoms with Crippen molar-refractivity contribution in [3.05, 3.63) is 63.1 Å². The third-order valence-electron chi connectivity index (χ3n) is 2.82. The molecule has 0 aliphatic carbocycles. The quantitative estimate of drug-likeness (QED) is 0.412. The van der Waals surface area contributed by atoms with Crippen LogP contribution in [0.5, 0.6) is 0 Å². The Bertz CT molecular complexity index is 716. The van der Waals surface area contributed by atoms with Crippen LogP contribution in [0.15, 0.2) is 42.5 Å². The van der Waals surface area contributed by atoms with E-state index in [-0.39, 0.29) is 11.9 Å². The summed E-state index contributed by atoms with van der Waals surface area (Å²) in [7, 11) is 0. The number of rotatable bonds is 3. The first-order valence-corrected chi connectivity index (χ1v) is 7.72. The number of benzene rings is 2. The van der Waals surface area contributed by atoms with Crippen LogP contribution in [0.4, 0.5) is 5.69 Å². The Labute approximate surface area is 149 Å². The monoisotopic (exact) mass is 369 g/mol. The van der Waals surface area contributed by atoms with E-state index in [1.54, 1.807) is 30.3 Å². The van der Waals surface area contributed by atoms with Gasteiger partial charge in [0.25, 0.3) is 0 Å². The van der Waals surface area contributed by atoms with Crippen LogP contribution in [0.2, 0.25) is 15.1 Å². The van der Waals surface area contributed by atoms with Gasteiger partial charge in [-0.2, -0.15) is 0 Å². The van der Waals surface area contributed by atoms with E-state index in [0.29, 0.717) is 27.3 Å². The zero-order valence-corrected chi connectivity index (χ0v) is 14.2. The molecule has 0 spiro atoms. The van der Waals surface area contributed by atoms with Crippen LogP contribution < -0.4 is 16.0 Å². The highest BCUT2D eigenvalue weighted by Crippen LogP contribution is 2.24. The van der Waals surface area contributed by atoms with Crippen molar-refractivity contribution in [3.63, 3.8) is 0 Å². The molecule has 0 atom stereocenters. The SMILES string of the molecule is N=C(NCc1ccc(Cl)cc1)NC(=N)Nc1ccc(Cl)c(Cl)c1. The van der Waals surface area contributed by atoms with Gasteiger partial charge >= 0.3 is 0 Å². The second kappa shape index (κ2) is 8.06. The highest BCUT2D eigenvalue weighted by molar-refractivity contribution is 6.42. The molecule has 0 aromatic heterocycles. The molecular formula is C15H14Cl3N5. The molecule has 120 valence electrons. The Morgan fingerprint density at radius 2 is 1.57 bits per heavy atom. The fourth-order valence-corrected chi connectivity index (χ4v) is 2.14. The standard InChI is InChI=1S/C15H14Cl3N5/c16-10-3-1-9(2-4-10)8-21-14(19)23-15(20)22-11-5-6-12(17)13(18)7-11/h1-7H,8H2,(H5,19,20,21,22,23). The molecule has 2 rings (SSSR count). The molecule has 23 heavy (non-hydrogen) atoms. The zero-order chi connectivity index (χ0) is 16.8. The molecule has 0 aliphatic rings. The zero-order valence-electron chi connectivity index (χ0n) is 11.9. The molecule has 2 aromatic carbocycles. The molecule has 0 amide bonds. The number of hydrogen-bond acceptors (Lipinski definition) is 2. The Kier molecular flexibility index (Phi) is 6.10. The van der Waals surface area contributed by atoms with Crippen molar-refractivity contribution in [2.24, 2.45) is 0 Å². The Balaban J connectivity index is 1.81. The van der Waals surface area contributed by atoms with Crippen molar-refractivity contribution < 1.29 is 0 Å². The molecule has 0 unspecified atom stereocenters. The summed E-state index contributed by atoms with van der Waals surface area (Å²) in [5.74, 6) is -0.0606. The lowest BCUT2D eigenvalue weighted by Crippen LogP contribution is -2.42. The van der Waals surface area contributed by atoms with Gasteiger partial charge in [0, 0.05) is 17.3 Å². The van der Waals surface area contributed by atoms with Gasteiger partial charge in [-0.15, -0.1) is 0 Å². The molecule has 0 aliphatic heterocycles. The van der Waals surface area contributed by atoms with Crippen LogP contribution in [0.3, 0.4) is 0 Å². The third-order valence-corrected chi connectivity index (χ3v) is 3.81. The maximum absolute atomic E-state index is 7.80. The van der Waals surface area contributed by atoms with Crippen molar-refractivity contribution in [1.29, 1.82) is 10.8 Å². The van der Waals surface area contributed by atoms with Crippen molar-refractivity contribution in [2.75, 3.05) is 5.32 Å². The van der Waals surface area contributed by atoms with E-state index in [9.17, 15) is 0 Å². The summed E-state index contributed by atoms with van der Waals surface area (Å²) >= 11 is 17.5. The Hall–Kier alpha value is -1.95. The molecule has 0 saturated carbocycles. The normalized spacial score (nSPS) is 10.0. The van der Waals surface area contributed by atoms with Gasteiger partial charge in [0.15, 0.2) is 11.9 Å². The molecule has 0 saturated heterocycles. The van der Waals surface area contributed by atoms with Crippen molar-refractivity contribution >= 4 is 52.4 Å². The van der Waals surface area contributed by atoms with Crippen LogP contribution in [-0.2, 0) is 6.54 Å². The maximum atomic E-state index is 7.80. The van der Waals surface area contributed by atoms with Gasteiger partial charge in [0.05, 0.1) is 10.0 Å². The minimum absolute atomic E-state index is 0.00231. The molecule has 8 heteroatoms. The number of anilines is 1. The average Bonchev–Trinajstić information content (AvgIpc) is 2.50. The van der Waals surface area contributed by atoms with Gasteiger partial charge in [-0.1, -0.05) is 46.9 Å². The topological polar surface area (TPSA) is 83.8 Å². The molecule has 0 radical (unpaired) electrons. The van der Waals surface area contributed by atoms with E-state index in [2.05, 4.69) is 16.0 Å². The Morgan fingerprint density at radius 3 is 2.22 bits per heavy atom. The van der Waals surface area contributed by atoms with Gasteiger partial charge < -0.3 is 10.6 Å². The van der Waals surface area contributed by atoms with Crippen LogP contribution in [0.25, 0.3) is 0 Å². The summed E-state index contributed by atoms with van der Waals surface area (Å²) in [4.78, 5) is 0. The number of guanidine groups is 2.